The number of unbranched alkanes of at least 4 members (excludes halogenated alkanes) is 3. The molecule has 5 heteroatoms. The van der Waals surface area contributed by atoms with Crippen molar-refractivity contribution < 1.29 is 19.1 Å². The zero-order chi connectivity index (χ0) is 13.4. The molecule has 0 fully saturated rings. The number of carboxylic acids is 1. The molecule has 18 heavy (non-hydrogen) atoms. The average Bonchev–Trinajstić information content (AvgIpc) is 2.74. The molecule has 0 radical (unpaired) electrons. The van der Waals surface area contributed by atoms with Gasteiger partial charge in [0.15, 0.2) is 5.76 Å². The van der Waals surface area contributed by atoms with E-state index >= 15 is 0 Å². The van der Waals surface area contributed by atoms with Gasteiger partial charge in [-0.2, -0.15) is 0 Å². The summed E-state index contributed by atoms with van der Waals surface area (Å²) in [7, 11) is 0. The van der Waals surface area contributed by atoms with Crippen LogP contribution in [-0.4, -0.2) is 23.5 Å². The van der Waals surface area contributed by atoms with Crippen LogP contribution in [0.4, 0.5) is 0 Å². The Bertz CT molecular complexity index is 397. The molecule has 0 bridgehead atoms. The Morgan fingerprint density at radius 2 is 1.94 bits per heavy atom. The second-order valence-corrected chi connectivity index (χ2v) is 4.22. The highest BCUT2D eigenvalue weighted by Gasteiger charge is 2.08. The Labute approximate surface area is 106 Å². The molecule has 5 nitrogen and oxygen atoms in total. The lowest BCUT2D eigenvalue weighted by Gasteiger charge is -2.02. The third-order valence-electron chi connectivity index (χ3n) is 2.57. The highest BCUT2D eigenvalue weighted by molar-refractivity contribution is 5.91. The fraction of sp³-hybridized carbons (Fsp3) is 0.538. The summed E-state index contributed by atoms with van der Waals surface area (Å²) in [5, 5.41) is 11.2. The third kappa shape index (κ3) is 5.52. The van der Waals surface area contributed by atoms with Crippen LogP contribution in [0.15, 0.2) is 16.5 Å². The monoisotopic (exact) mass is 253 g/mol. The minimum absolute atomic E-state index is 0.200. The summed E-state index contributed by atoms with van der Waals surface area (Å²) in [5.41, 5.74) is 0. The van der Waals surface area contributed by atoms with E-state index in [9.17, 15) is 9.59 Å². The van der Waals surface area contributed by atoms with Crippen molar-refractivity contribution in [1.29, 1.82) is 0 Å². The Balaban J connectivity index is 2.04. The minimum atomic E-state index is -0.753. The number of aliphatic carboxylic acids is 1. The second-order valence-electron chi connectivity index (χ2n) is 4.22. The molecule has 0 unspecified atom stereocenters. The Hall–Kier alpha value is -1.78. The van der Waals surface area contributed by atoms with Crippen LogP contribution in [0.1, 0.15) is 48.4 Å². The van der Waals surface area contributed by atoms with Crippen LogP contribution >= 0.6 is 0 Å². The van der Waals surface area contributed by atoms with Gasteiger partial charge < -0.3 is 14.8 Å². The molecule has 0 aliphatic rings. The van der Waals surface area contributed by atoms with Gasteiger partial charge in [-0.1, -0.05) is 12.8 Å². The second kappa shape index (κ2) is 7.53. The number of carboxylic acid groups (broad SMARTS) is 1. The summed E-state index contributed by atoms with van der Waals surface area (Å²) in [6, 6.07) is 3.40. The van der Waals surface area contributed by atoms with Crippen molar-refractivity contribution in [2.45, 2.75) is 39.0 Å². The zero-order valence-corrected chi connectivity index (χ0v) is 10.6. The maximum Gasteiger partial charge on any atom is 0.303 e. The van der Waals surface area contributed by atoms with E-state index in [-0.39, 0.29) is 12.3 Å². The number of amides is 1. The van der Waals surface area contributed by atoms with Crippen LogP contribution in [-0.2, 0) is 4.79 Å². The van der Waals surface area contributed by atoms with Crippen molar-refractivity contribution in [1.82, 2.24) is 5.32 Å². The largest absolute Gasteiger partial charge is 0.481 e. The Morgan fingerprint density at radius 3 is 2.56 bits per heavy atom. The Kier molecular flexibility index (Phi) is 5.97. The van der Waals surface area contributed by atoms with Crippen LogP contribution < -0.4 is 5.32 Å². The van der Waals surface area contributed by atoms with Crippen LogP contribution in [0.2, 0.25) is 0 Å². The molecule has 0 saturated carbocycles. The van der Waals surface area contributed by atoms with Crippen LogP contribution in [0.5, 0.6) is 0 Å². The van der Waals surface area contributed by atoms with Gasteiger partial charge in [0.1, 0.15) is 5.76 Å². The van der Waals surface area contributed by atoms with E-state index in [4.69, 9.17) is 9.52 Å². The van der Waals surface area contributed by atoms with Gasteiger partial charge >= 0.3 is 5.97 Å². The zero-order valence-electron chi connectivity index (χ0n) is 10.6. The standard InChI is InChI=1S/C13H19NO4/c1-10-7-8-11(18-10)13(17)14-9-5-3-2-4-6-12(15)16/h7-8H,2-6,9H2,1H3,(H,14,17)(H,15,16). The molecule has 1 rings (SSSR count). The number of furan rings is 1. The number of carbonyl (C=O) groups excluding carboxylic acids is 1. The SMILES string of the molecule is Cc1ccc(C(=O)NCCCCCCC(=O)O)o1. The first kappa shape index (κ1) is 14.3. The summed E-state index contributed by atoms with van der Waals surface area (Å²) in [4.78, 5) is 21.8. The minimum Gasteiger partial charge on any atom is -0.481 e. The maximum absolute atomic E-state index is 11.6. The molecule has 100 valence electrons. The lowest BCUT2D eigenvalue weighted by Crippen LogP contribution is -2.23. The summed E-state index contributed by atoms with van der Waals surface area (Å²) in [5.74, 6) is 0.0947. The lowest BCUT2D eigenvalue weighted by molar-refractivity contribution is -0.137. The molecule has 0 saturated heterocycles. The van der Waals surface area contributed by atoms with E-state index in [0.29, 0.717) is 24.5 Å². The van der Waals surface area contributed by atoms with Crippen molar-refractivity contribution in [3.63, 3.8) is 0 Å². The topological polar surface area (TPSA) is 79.5 Å². The van der Waals surface area contributed by atoms with Gasteiger partial charge in [-0.15, -0.1) is 0 Å². The number of rotatable bonds is 8. The molecule has 1 heterocycles. The summed E-state index contributed by atoms with van der Waals surface area (Å²) < 4.78 is 5.19. The van der Waals surface area contributed by atoms with Crippen molar-refractivity contribution in [2.24, 2.45) is 0 Å². The van der Waals surface area contributed by atoms with Crippen molar-refractivity contribution in [3.05, 3.63) is 23.7 Å². The van der Waals surface area contributed by atoms with Crippen LogP contribution in [0.25, 0.3) is 0 Å². The number of hydrogen-bond donors (Lipinski definition) is 2. The quantitative estimate of drug-likeness (QED) is 0.697. The average molecular weight is 253 g/mol. The highest BCUT2D eigenvalue weighted by Crippen LogP contribution is 2.06. The van der Waals surface area contributed by atoms with E-state index < -0.39 is 5.97 Å². The number of hydrogen-bond acceptors (Lipinski definition) is 3. The van der Waals surface area contributed by atoms with Gasteiger partial charge in [-0.05, 0) is 31.9 Å². The molecule has 1 amide bonds. The van der Waals surface area contributed by atoms with E-state index in [1.807, 2.05) is 0 Å². The first-order valence-corrected chi connectivity index (χ1v) is 6.16. The van der Waals surface area contributed by atoms with Crippen molar-refractivity contribution in [2.75, 3.05) is 6.54 Å². The fourth-order valence-electron chi connectivity index (χ4n) is 1.60. The smallest absolute Gasteiger partial charge is 0.303 e. The van der Waals surface area contributed by atoms with Crippen LogP contribution in [0.3, 0.4) is 0 Å². The Morgan fingerprint density at radius 1 is 1.22 bits per heavy atom. The number of aryl methyl sites for hydroxylation is 1. The van der Waals surface area contributed by atoms with E-state index in [2.05, 4.69) is 5.32 Å². The van der Waals surface area contributed by atoms with Gasteiger partial charge in [0.2, 0.25) is 0 Å². The maximum atomic E-state index is 11.6. The predicted octanol–water partition coefficient (Wildman–Crippen LogP) is 2.35. The molecule has 2 N–H and O–H groups in total. The molecule has 1 aromatic rings. The highest BCUT2D eigenvalue weighted by atomic mass is 16.4. The molecule has 0 aromatic carbocycles. The molecule has 1 aromatic heterocycles. The van der Waals surface area contributed by atoms with E-state index in [0.717, 1.165) is 19.3 Å². The fourth-order valence-corrected chi connectivity index (χ4v) is 1.60. The number of nitrogens with one attached hydrogen (secondary N) is 1. The first-order chi connectivity index (χ1) is 8.59. The lowest BCUT2D eigenvalue weighted by atomic mass is 10.1. The predicted molar refractivity (Wildman–Crippen MR) is 66.5 cm³/mol. The summed E-state index contributed by atoms with van der Waals surface area (Å²) in [6.45, 7) is 2.38. The molecular weight excluding hydrogens is 234 g/mol. The van der Waals surface area contributed by atoms with E-state index in [1.165, 1.54) is 0 Å². The molecule has 0 aliphatic carbocycles. The summed E-state index contributed by atoms with van der Waals surface area (Å²) >= 11 is 0. The first-order valence-electron chi connectivity index (χ1n) is 6.16. The molecular formula is C13H19NO4. The van der Waals surface area contributed by atoms with Crippen LogP contribution in [0, 0.1) is 6.92 Å². The normalized spacial score (nSPS) is 10.3. The van der Waals surface area contributed by atoms with Crippen molar-refractivity contribution in [3.8, 4) is 0 Å². The van der Waals surface area contributed by atoms with Gasteiger partial charge in [0, 0.05) is 13.0 Å². The molecule has 0 atom stereocenters. The summed E-state index contributed by atoms with van der Waals surface area (Å²) in [6.07, 6.45) is 3.57. The van der Waals surface area contributed by atoms with Gasteiger partial charge in [-0.25, -0.2) is 0 Å². The number of carbonyl (C=O) groups is 2. The van der Waals surface area contributed by atoms with E-state index in [1.54, 1.807) is 19.1 Å². The van der Waals surface area contributed by atoms with Crippen molar-refractivity contribution >= 4 is 11.9 Å². The third-order valence-corrected chi connectivity index (χ3v) is 2.57. The van der Waals surface area contributed by atoms with Gasteiger partial charge in [0.25, 0.3) is 5.91 Å². The van der Waals surface area contributed by atoms with Gasteiger partial charge in [0.05, 0.1) is 0 Å². The molecule has 0 spiro atoms. The van der Waals surface area contributed by atoms with Gasteiger partial charge in [-0.3, -0.25) is 9.59 Å². The molecule has 0 aliphatic heterocycles.